The van der Waals surface area contributed by atoms with Gasteiger partial charge in [0.2, 0.25) is 10.0 Å². The Hall–Kier alpha value is -1.28. The Labute approximate surface area is 122 Å². The number of sulfonamides is 1. The topological polar surface area (TPSA) is 79.3 Å². The third-order valence-electron chi connectivity index (χ3n) is 2.86. The Kier molecular flexibility index (Phi) is 4.87. The standard InChI is InChI=1S/C13H16N2O3S2/c1-2-13(16)10-4-3-5-12(6-10)20(17,18)15-8-11-7-14-9-19-11/h3-7,9,13,15-16H,2,8H2,1H3. The van der Waals surface area contributed by atoms with Gasteiger partial charge in [0.05, 0.1) is 16.5 Å². The lowest BCUT2D eigenvalue weighted by molar-refractivity contribution is 0.173. The van der Waals surface area contributed by atoms with Crippen molar-refractivity contribution in [2.75, 3.05) is 0 Å². The highest BCUT2D eigenvalue weighted by Gasteiger charge is 2.16. The van der Waals surface area contributed by atoms with Gasteiger partial charge >= 0.3 is 0 Å². The van der Waals surface area contributed by atoms with Crippen molar-refractivity contribution in [3.05, 3.63) is 46.4 Å². The number of thiazole rings is 1. The number of aliphatic hydroxyl groups is 1. The van der Waals surface area contributed by atoms with Crippen molar-refractivity contribution in [3.8, 4) is 0 Å². The van der Waals surface area contributed by atoms with Crippen LogP contribution < -0.4 is 4.72 Å². The van der Waals surface area contributed by atoms with Gasteiger partial charge in [-0.15, -0.1) is 11.3 Å². The van der Waals surface area contributed by atoms with Gasteiger partial charge in [0.15, 0.2) is 0 Å². The van der Waals surface area contributed by atoms with Crippen LogP contribution in [0.1, 0.15) is 29.9 Å². The zero-order chi connectivity index (χ0) is 14.6. The van der Waals surface area contributed by atoms with Crippen molar-refractivity contribution in [1.82, 2.24) is 9.71 Å². The van der Waals surface area contributed by atoms with Crippen LogP contribution in [0.2, 0.25) is 0 Å². The Morgan fingerprint density at radius 2 is 2.25 bits per heavy atom. The summed E-state index contributed by atoms with van der Waals surface area (Å²) in [6.45, 7) is 2.06. The van der Waals surface area contributed by atoms with E-state index in [9.17, 15) is 13.5 Å². The zero-order valence-electron chi connectivity index (χ0n) is 11.0. The SMILES string of the molecule is CCC(O)c1cccc(S(=O)(=O)NCc2cncs2)c1. The molecule has 2 aromatic rings. The third kappa shape index (κ3) is 3.63. The predicted octanol–water partition coefficient (Wildman–Crippen LogP) is 2.07. The summed E-state index contributed by atoms with van der Waals surface area (Å²) in [5.74, 6) is 0. The quantitative estimate of drug-likeness (QED) is 0.856. The lowest BCUT2D eigenvalue weighted by atomic mass is 10.1. The smallest absolute Gasteiger partial charge is 0.240 e. The molecule has 0 aliphatic rings. The second-order valence-electron chi connectivity index (χ2n) is 4.29. The van der Waals surface area contributed by atoms with Crippen LogP contribution in [-0.4, -0.2) is 18.5 Å². The average molecular weight is 312 g/mol. The van der Waals surface area contributed by atoms with Crippen molar-refractivity contribution in [2.45, 2.75) is 30.9 Å². The van der Waals surface area contributed by atoms with Gasteiger partial charge in [0.25, 0.3) is 0 Å². The molecule has 108 valence electrons. The lowest BCUT2D eigenvalue weighted by Gasteiger charge is -2.11. The van der Waals surface area contributed by atoms with Gasteiger partial charge in [-0.1, -0.05) is 19.1 Å². The summed E-state index contributed by atoms with van der Waals surface area (Å²) in [6.07, 6.45) is 1.52. The molecule has 1 unspecified atom stereocenters. The van der Waals surface area contributed by atoms with Crippen LogP contribution in [0.5, 0.6) is 0 Å². The fraction of sp³-hybridized carbons (Fsp3) is 0.308. The number of hydrogen-bond donors (Lipinski definition) is 2. The molecule has 0 bridgehead atoms. The Balaban J connectivity index is 2.16. The maximum Gasteiger partial charge on any atom is 0.240 e. The molecule has 0 radical (unpaired) electrons. The highest BCUT2D eigenvalue weighted by Crippen LogP contribution is 2.20. The summed E-state index contributed by atoms with van der Waals surface area (Å²) < 4.78 is 26.9. The molecule has 7 heteroatoms. The fourth-order valence-corrected chi connectivity index (χ4v) is 3.39. The van der Waals surface area contributed by atoms with Crippen molar-refractivity contribution >= 4 is 21.4 Å². The lowest BCUT2D eigenvalue weighted by Crippen LogP contribution is -2.23. The Morgan fingerprint density at radius 1 is 1.45 bits per heavy atom. The molecule has 0 amide bonds. The van der Waals surface area contributed by atoms with Crippen LogP contribution in [0, 0.1) is 0 Å². The number of aliphatic hydroxyl groups excluding tert-OH is 1. The van der Waals surface area contributed by atoms with E-state index in [1.165, 1.54) is 23.5 Å². The van der Waals surface area contributed by atoms with Crippen LogP contribution in [0.3, 0.4) is 0 Å². The van der Waals surface area contributed by atoms with Crippen molar-refractivity contribution < 1.29 is 13.5 Å². The second-order valence-corrected chi connectivity index (χ2v) is 7.03. The van der Waals surface area contributed by atoms with E-state index in [2.05, 4.69) is 9.71 Å². The molecule has 1 aromatic carbocycles. The normalized spacial score (nSPS) is 13.3. The number of rotatable bonds is 6. The van der Waals surface area contributed by atoms with E-state index in [4.69, 9.17) is 0 Å². The van der Waals surface area contributed by atoms with Gasteiger partial charge in [-0.25, -0.2) is 13.1 Å². The molecule has 0 aliphatic heterocycles. The van der Waals surface area contributed by atoms with Gasteiger partial charge in [0, 0.05) is 17.6 Å². The van der Waals surface area contributed by atoms with Crippen LogP contribution in [0.15, 0.2) is 40.9 Å². The first-order chi connectivity index (χ1) is 9.53. The maximum atomic E-state index is 12.2. The summed E-state index contributed by atoms with van der Waals surface area (Å²) in [6, 6.07) is 6.37. The number of benzene rings is 1. The number of hydrogen-bond acceptors (Lipinski definition) is 5. The van der Waals surface area contributed by atoms with Crippen molar-refractivity contribution in [1.29, 1.82) is 0 Å². The first kappa shape index (κ1) is 15.1. The summed E-state index contributed by atoms with van der Waals surface area (Å²) in [7, 11) is -3.58. The molecule has 0 fully saturated rings. The number of nitrogens with one attached hydrogen (secondary N) is 1. The summed E-state index contributed by atoms with van der Waals surface area (Å²) >= 11 is 1.39. The largest absolute Gasteiger partial charge is 0.388 e. The summed E-state index contributed by atoms with van der Waals surface area (Å²) in [4.78, 5) is 4.90. The first-order valence-electron chi connectivity index (χ1n) is 6.18. The van der Waals surface area contributed by atoms with Gasteiger partial charge in [-0.05, 0) is 24.1 Å². The maximum absolute atomic E-state index is 12.2. The molecule has 0 spiro atoms. The molecule has 0 aliphatic carbocycles. The monoisotopic (exact) mass is 312 g/mol. The Bertz CT molecular complexity index is 654. The van der Waals surface area contributed by atoms with E-state index in [-0.39, 0.29) is 11.4 Å². The molecular weight excluding hydrogens is 296 g/mol. The van der Waals surface area contributed by atoms with Crippen molar-refractivity contribution in [3.63, 3.8) is 0 Å². The molecule has 2 N–H and O–H groups in total. The Morgan fingerprint density at radius 3 is 2.90 bits per heavy atom. The second kappa shape index (κ2) is 6.45. The van der Waals surface area contributed by atoms with Gasteiger partial charge in [-0.3, -0.25) is 4.98 Å². The molecular formula is C13H16N2O3S2. The molecule has 1 heterocycles. The molecule has 0 saturated carbocycles. The minimum atomic E-state index is -3.58. The molecule has 1 atom stereocenters. The molecule has 0 saturated heterocycles. The highest BCUT2D eigenvalue weighted by molar-refractivity contribution is 7.89. The van der Waals surface area contributed by atoms with Crippen LogP contribution >= 0.6 is 11.3 Å². The molecule has 2 rings (SSSR count). The van der Waals surface area contributed by atoms with Gasteiger partial charge in [-0.2, -0.15) is 0 Å². The van der Waals surface area contributed by atoms with E-state index in [1.807, 2.05) is 6.92 Å². The van der Waals surface area contributed by atoms with Crippen LogP contribution in [0.25, 0.3) is 0 Å². The van der Waals surface area contributed by atoms with E-state index in [0.717, 1.165) is 4.88 Å². The highest BCUT2D eigenvalue weighted by atomic mass is 32.2. The minimum Gasteiger partial charge on any atom is -0.388 e. The molecule has 20 heavy (non-hydrogen) atoms. The molecule has 5 nitrogen and oxygen atoms in total. The first-order valence-corrected chi connectivity index (χ1v) is 8.54. The fourth-order valence-electron chi connectivity index (χ4n) is 1.70. The van der Waals surface area contributed by atoms with E-state index < -0.39 is 16.1 Å². The minimum absolute atomic E-state index is 0.159. The number of aromatic nitrogens is 1. The van der Waals surface area contributed by atoms with Gasteiger partial charge in [0.1, 0.15) is 0 Å². The summed E-state index contributed by atoms with van der Waals surface area (Å²) in [5.41, 5.74) is 2.26. The summed E-state index contributed by atoms with van der Waals surface area (Å²) in [5, 5.41) is 9.78. The average Bonchev–Trinajstić information content (AvgIpc) is 2.98. The zero-order valence-corrected chi connectivity index (χ0v) is 12.6. The van der Waals surface area contributed by atoms with E-state index in [0.29, 0.717) is 12.0 Å². The van der Waals surface area contributed by atoms with Crippen LogP contribution in [-0.2, 0) is 16.6 Å². The van der Waals surface area contributed by atoms with E-state index >= 15 is 0 Å². The van der Waals surface area contributed by atoms with Gasteiger partial charge < -0.3 is 5.11 Å². The van der Waals surface area contributed by atoms with E-state index in [1.54, 1.807) is 23.8 Å². The number of nitrogens with zero attached hydrogens (tertiary/aromatic N) is 1. The van der Waals surface area contributed by atoms with Crippen LogP contribution in [0.4, 0.5) is 0 Å². The third-order valence-corrected chi connectivity index (χ3v) is 5.04. The molecule has 1 aromatic heterocycles. The predicted molar refractivity (Wildman–Crippen MR) is 77.8 cm³/mol. The van der Waals surface area contributed by atoms with Crippen molar-refractivity contribution in [2.24, 2.45) is 0 Å².